The van der Waals surface area contributed by atoms with Gasteiger partial charge >= 0.3 is 29.6 Å². The van der Waals surface area contributed by atoms with Gasteiger partial charge in [0.25, 0.3) is 0 Å². The number of hydrogen-bond donors (Lipinski definition) is 1. The molecule has 0 rings (SSSR count). The third-order valence-corrected chi connectivity index (χ3v) is 0. The van der Waals surface area contributed by atoms with Crippen molar-refractivity contribution in [2.45, 2.75) is 0 Å². The number of hydrogen-bond acceptors (Lipinski definition) is 2. The second kappa shape index (κ2) is 5.07. The van der Waals surface area contributed by atoms with Gasteiger partial charge in [-0.1, -0.05) is 0 Å². The second-order valence-corrected chi connectivity index (χ2v) is 0.781. The van der Waals surface area contributed by atoms with E-state index in [1.165, 1.54) is 0 Å². The van der Waals surface area contributed by atoms with Crippen LogP contribution in [0, 0.1) is 0 Å². The zero-order valence-corrected chi connectivity index (χ0v) is 5.62. The second-order valence-electron chi connectivity index (χ2n) is 0.260. The molecule has 26 valence electrons. The summed E-state index contributed by atoms with van der Waals surface area (Å²) in [6.07, 6.45) is 0. The van der Waals surface area contributed by atoms with Crippen molar-refractivity contribution in [1.29, 1.82) is 0 Å². The van der Waals surface area contributed by atoms with Crippen molar-refractivity contribution in [1.82, 2.24) is 0 Å². The van der Waals surface area contributed by atoms with Crippen molar-refractivity contribution in [3.63, 3.8) is 0 Å². The van der Waals surface area contributed by atoms with Crippen LogP contribution < -0.4 is 34.7 Å². The molecule has 0 aromatic rings. The maximum absolute atomic E-state index is 8.78. The SMILES string of the molecule is NS(=O)[O-].[Na+]. The largest absolute Gasteiger partial charge is 1.00 e. The quantitative estimate of drug-likeness (QED) is 0.249. The molecule has 1 atom stereocenters. The predicted molar refractivity (Wildman–Crippen MR) is 13.1 cm³/mol. The fourth-order valence-electron chi connectivity index (χ4n) is 0. The van der Waals surface area contributed by atoms with Gasteiger partial charge in [-0.15, -0.1) is 0 Å². The Balaban J connectivity index is 0. The van der Waals surface area contributed by atoms with Gasteiger partial charge < -0.3 is 4.55 Å². The van der Waals surface area contributed by atoms with Gasteiger partial charge in [-0.25, -0.2) is 0 Å². The van der Waals surface area contributed by atoms with E-state index in [1.807, 2.05) is 0 Å². The van der Waals surface area contributed by atoms with E-state index in [0.29, 0.717) is 0 Å². The van der Waals surface area contributed by atoms with Gasteiger partial charge in [0.15, 0.2) is 0 Å². The van der Waals surface area contributed by atoms with Crippen LogP contribution in [0.25, 0.3) is 0 Å². The van der Waals surface area contributed by atoms with Crippen LogP contribution in [0.1, 0.15) is 0 Å². The molecule has 0 saturated heterocycles. The minimum atomic E-state index is -2.36. The molecule has 0 amide bonds. The van der Waals surface area contributed by atoms with Crippen molar-refractivity contribution in [2.75, 3.05) is 0 Å². The van der Waals surface area contributed by atoms with Gasteiger partial charge in [0, 0.05) is 11.3 Å². The zero-order valence-electron chi connectivity index (χ0n) is 2.80. The standard InChI is InChI=1S/H3NO2S.Na/c1-4(2)3;/h1H2,(H,2,3);/q;+1/p-1. The van der Waals surface area contributed by atoms with E-state index in [0.717, 1.165) is 0 Å². The summed E-state index contributed by atoms with van der Waals surface area (Å²) < 4.78 is 17.6. The van der Waals surface area contributed by atoms with E-state index in [9.17, 15) is 0 Å². The van der Waals surface area contributed by atoms with Crippen molar-refractivity contribution in [3.8, 4) is 0 Å². The maximum atomic E-state index is 8.78. The molecule has 0 aromatic heterocycles. The Morgan fingerprint density at radius 3 is 1.80 bits per heavy atom. The van der Waals surface area contributed by atoms with Crippen LogP contribution in [-0.2, 0) is 11.3 Å². The first-order valence-electron chi connectivity index (χ1n) is 0.569. The number of nitrogens with two attached hydrogens (primary N) is 1. The van der Waals surface area contributed by atoms with Gasteiger partial charge in [0.1, 0.15) is 0 Å². The Bertz CT molecular complexity index is 32.6. The fraction of sp³-hybridized carbons (Fsp3) is 0. The Labute approximate surface area is 54.6 Å². The molecule has 0 radical (unpaired) electrons. The molecule has 0 bridgehead atoms. The van der Waals surface area contributed by atoms with E-state index >= 15 is 0 Å². The monoisotopic (exact) mass is 103 g/mol. The average Bonchev–Trinajstić information content (AvgIpc) is 0.811. The summed E-state index contributed by atoms with van der Waals surface area (Å²) in [7, 11) is 0. The normalized spacial score (nSPS) is 12.4. The van der Waals surface area contributed by atoms with Gasteiger partial charge in [0.2, 0.25) is 0 Å². The molecule has 5 heavy (non-hydrogen) atoms. The zero-order chi connectivity index (χ0) is 3.58. The molecule has 0 fully saturated rings. The van der Waals surface area contributed by atoms with Crippen molar-refractivity contribution in [3.05, 3.63) is 0 Å². The fourth-order valence-corrected chi connectivity index (χ4v) is 0. The van der Waals surface area contributed by atoms with Gasteiger partial charge in [0.05, 0.1) is 0 Å². The third kappa shape index (κ3) is 41.7. The molecule has 0 aliphatic heterocycles. The van der Waals surface area contributed by atoms with Crippen molar-refractivity contribution in [2.24, 2.45) is 5.14 Å². The smallest absolute Gasteiger partial charge is 0.760 e. The van der Waals surface area contributed by atoms with Crippen LogP contribution in [0.15, 0.2) is 0 Å². The van der Waals surface area contributed by atoms with Crippen LogP contribution in [0.2, 0.25) is 0 Å². The molecule has 1 unspecified atom stereocenters. The van der Waals surface area contributed by atoms with E-state index in [4.69, 9.17) is 8.76 Å². The van der Waals surface area contributed by atoms with E-state index in [-0.39, 0.29) is 29.6 Å². The summed E-state index contributed by atoms with van der Waals surface area (Å²) in [6.45, 7) is 0. The minimum absolute atomic E-state index is 0. The molecular weight excluding hydrogens is 101 g/mol. The van der Waals surface area contributed by atoms with Gasteiger partial charge in [-0.3, -0.25) is 9.35 Å². The summed E-state index contributed by atoms with van der Waals surface area (Å²) in [5.74, 6) is 0. The van der Waals surface area contributed by atoms with Crippen molar-refractivity contribution < 1.29 is 38.3 Å². The molecule has 0 spiro atoms. The van der Waals surface area contributed by atoms with Crippen molar-refractivity contribution >= 4 is 11.3 Å². The first-order valence-corrected chi connectivity index (χ1v) is 1.71. The molecule has 0 saturated carbocycles. The summed E-state index contributed by atoms with van der Waals surface area (Å²) in [6, 6.07) is 0. The summed E-state index contributed by atoms with van der Waals surface area (Å²) in [5, 5.41) is 4.03. The average molecular weight is 103 g/mol. The Morgan fingerprint density at radius 1 is 1.80 bits per heavy atom. The van der Waals surface area contributed by atoms with Crippen LogP contribution in [0.3, 0.4) is 0 Å². The first-order chi connectivity index (χ1) is 1.73. The molecule has 0 aliphatic rings. The van der Waals surface area contributed by atoms with Gasteiger partial charge in [-0.2, -0.15) is 0 Å². The molecule has 3 nitrogen and oxygen atoms in total. The molecule has 0 aliphatic carbocycles. The van der Waals surface area contributed by atoms with Crippen LogP contribution in [0.4, 0.5) is 0 Å². The van der Waals surface area contributed by atoms with E-state index < -0.39 is 11.3 Å². The van der Waals surface area contributed by atoms with Crippen LogP contribution in [-0.4, -0.2) is 8.76 Å². The molecule has 5 heteroatoms. The van der Waals surface area contributed by atoms with E-state index in [2.05, 4.69) is 5.14 Å². The summed E-state index contributed by atoms with van der Waals surface area (Å²) in [5.41, 5.74) is 0. The number of rotatable bonds is 0. The Kier molecular flexibility index (Phi) is 9.55. The summed E-state index contributed by atoms with van der Waals surface area (Å²) >= 11 is -2.36. The van der Waals surface area contributed by atoms with Crippen LogP contribution in [0.5, 0.6) is 0 Å². The third-order valence-electron chi connectivity index (χ3n) is 0. The van der Waals surface area contributed by atoms with E-state index in [1.54, 1.807) is 0 Å². The Hall–Kier alpha value is 1.07. The predicted octanol–water partition coefficient (Wildman–Crippen LogP) is -4.26. The van der Waals surface area contributed by atoms with Gasteiger partial charge in [-0.05, 0) is 0 Å². The molecular formula is H2NNaO2S. The molecule has 2 N–H and O–H groups in total. The molecule has 0 aromatic carbocycles. The molecule has 0 heterocycles. The minimum Gasteiger partial charge on any atom is -0.760 e. The Morgan fingerprint density at radius 2 is 1.80 bits per heavy atom. The topological polar surface area (TPSA) is 66.2 Å². The van der Waals surface area contributed by atoms with Crippen LogP contribution >= 0.6 is 0 Å². The first kappa shape index (κ1) is 9.42. The summed E-state index contributed by atoms with van der Waals surface area (Å²) in [4.78, 5) is 0. The maximum Gasteiger partial charge on any atom is 1.00 e.